The van der Waals surface area contributed by atoms with Crippen LogP contribution in [0.25, 0.3) is 0 Å². The smallest absolute Gasteiger partial charge is 0.191 e. The Balaban J connectivity index is 0.00000364. The maximum absolute atomic E-state index is 5.84. The quantitative estimate of drug-likeness (QED) is 0.204. The van der Waals surface area contributed by atoms with Gasteiger partial charge >= 0.3 is 0 Å². The molecule has 0 aliphatic heterocycles. The van der Waals surface area contributed by atoms with Crippen molar-refractivity contribution in [2.45, 2.75) is 33.2 Å². The summed E-state index contributed by atoms with van der Waals surface area (Å²) in [4.78, 5) is 4.67. The monoisotopic (exact) mass is 491 g/mol. The summed E-state index contributed by atoms with van der Waals surface area (Å²) in [6, 6.07) is 6.20. The highest BCUT2D eigenvalue weighted by atomic mass is 127. The fourth-order valence-corrected chi connectivity index (χ4v) is 2.44. The summed E-state index contributed by atoms with van der Waals surface area (Å²) in [6.45, 7) is 8.95. The van der Waals surface area contributed by atoms with Crippen molar-refractivity contribution in [2.24, 2.45) is 10.9 Å². The van der Waals surface area contributed by atoms with Gasteiger partial charge in [-0.15, -0.1) is 24.0 Å². The van der Waals surface area contributed by atoms with Crippen LogP contribution >= 0.6 is 24.0 Å². The lowest BCUT2D eigenvalue weighted by molar-refractivity contribution is 0.129. The number of hydrogen-bond acceptors (Lipinski definition) is 4. The van der Waals surface area contributed by atoms with Crippen LogP contribution in [0.2, 0.25) is 0 Å². The fraction of sp³-hybridized carbons (Fsp3) is 0.650. The summed E-state index contributed by atoms with van der Waals surface area (Å²) in [5.74, 6) is 2.47. The van der Waals surface area contributed by atoms with Crippen molar-refractivity contribution < 1.29 is 14.2 Å². The van der Waals surface area contributed by atoms with Gasteiger partial charge < -0.3 is 24.8 Å². The third kappa shape index (κ3) is 10.2. The van der Waals surface area contributed by atoms with E-state index in [1.165, 1.54) is 18.4 Å². The number of nitrogens with zero attached hydrogens (tertiary/aromatic N) is 1. The molecule has 0 bridgehead atoms. The summed E-state index contributed by atoms with van der Waals surface area (Å²) in [5.41, 5.74) is 2.23. The van der Waals surface area contributed by atoms with Crippen LogP contribution in [0.1, 0.15) is 30.9 Å². The number of aliphatic imine (C=N–C) groups is 1. The molecule has 1 aliphatic carbocycles. The number of rotatable bonds is 12. The SMILES string of the molecule is CCNC(=NCc1ccc(C)cc1OCCOC)NCCOCC1CC1.I. The van der Waals surface area contributed by atoms with Crippen molar-refractivity contribution in [3.8, 4) is 5.75 Å². The summed E-state index contributed by atoms with van der Waals surface area (Å²) in [6.07, 6.45) is 2.64. The van der Waals surface area contributed by atoms with Crippen molar-refractivity contribution in [2.75, 3.05) is 46.6 Å². The number of ether oxygens (including phenoxy) is 3. The molecule has 0 atom stereocenters. The van der Waals surface area contributed by atoms with Gasteiger partial charge in [0.15, 0.2) is 5.96 Å². The molecule has 0 heterocycles. The van der Waals surface area contributed by atoms with Crippen LogP contribution in [0, 0.1) is 12.8 Å². The van der Waals surface area contributed by atoms with Crippen LogP contribution in [0.15, 0.2) is 23.2 Å². The second-order valence-electron chi connectivity index (χ2n) is 6.59. The Morgan fingerprint density at radius 3 is 2.70 bits per heavy atom. The lowest BCUT2D eigenvalue weighted by atomic mass is 10.1. The molecule has 0 spiro atoms. The van der Waals surface area contributed by atoms with Crippen LogP contribution in [-0.4, -0.2) is 52.6 Å². The highest BCUT2D eigenvalue weighted by Gasteiger charge is 2.20. The average Bonchev–Trinajstić information content (AvgIpc) is 3.45. The Morgan fingerprint density at radius 1 is 1.19 bits per heavy atom. The fourth-order valence-electron chi connectivity index (χ4n) is 2.44. The van der Waals surface area contributed by atoms with Crippen molar-refractivity contribution >= 4 is 29.9 Å². The molecule has 7 heteroatoms. The van der Waals surface area contributed by atoms with Gasteiger partial charge in [-0.3, -0.25) is 0 Å². The molecular weight excluding hydrogens is 457 g/mol. The van der Waals surface area contributed by atoms with Gasteiger partial charge in [0.25, 0.3) is 0 Å². The molecule has 1 fully saturated rings. The van der Waals surface area contributed by atoms with Crippen molar-refractivity contribution in [1.29, 1.82) is 0 Å². The summed E-state index contributed by atoms with van der Waals surface area (Å²) < 4.78 is 16.6. The number of nitrogens with one attached hydrogen (secondary N) is 2. The van der Waals surface area contributed by atoms with Crippen LogP contribution in [0.3, 0.4) is 0 Å². The van der Waals surface area contributed by atoms with Gasteiger partial charge in [0.2, 0.25) is 0 Å². The van der Waals surface area contributed by atoms with Crippen LogP contribution in [-0.2, 0) is 16.0 Å². The first kappa shape index (κ1) is 24.0. The number of aryl methyl sites for hydroxylation is 1. The molecule has 0 aromatic heterocycles. The first-order valence-corrected chi connectivity index (χ1v) is 9.54. The van der Waals surface area contributed by atoms with E-state index in [9.17, 15) is 0 Å². The van der Waals surface area contributed by atoms with E-state index < -0.39 is 0 Å². The lowest BCUT2D eigenvalue weighted by Gasteiger charge is -2.13. The topological polar surface area (TPSA) is 64.1 Å². The van der Waals surface area contributed by atoms with Crippen LogP contribution < -0.4 is 15.4 Å². The van der Waals surface area contributed by atoms with E-state index in [1.54, 1.807) is 7.11 Å². The van der Waals surface area contributed by atoms with E-state index in [0.717, 1.165) is 42.9 Å². The maximum Gasteiger partial charge on any atom is 0.191 e. The number of guanidine groups is 1. The molecule has 1 aromatic carbocycles. The molecule has 27 heavy (non-hydrogen) atoms. The van der Waals surface area contributed by atoms with Crippen molar-refractivity contribution in [3.63, 3.8) is 0 Å². The van der Waals surface area contributed by atoms with Gasteiger partial charge in [-0.2, -0.15) is 0 Å². The van der Waals surface area contributed by atoms with Crippen molar-refractivity contribution in [3.05, 3.63) is 29.3 Å². The highest BCUT2D eigenvalue weighted by Crippen LogP contribution is 2.28. The predicted molar refractivity (Wildman–Crippen MR) is 120 cm³/mol. The molecule has 6 nitrogen and oxygen atoms in total. The largest absolute Gasteiger partial charge is 0.491 e. The van der Waals surface area contributed by atoms with Gasteiger partial charge in [-0.25, -0.2) is 4.99 Å². The lowest BCUT2D eigenvalue weighted by Crippen LogP contribution is -2.39. The van der Waals surface area contributed by atoms with Crippen LogP contribution in [0.5, 0.6) is 5.75 Å². The minimum absolute atomic E-state index is 0. The summed E-state index contributed by atoms with van der Waals surface area (Å²) in [7, 11) is 1.67. The number of hydrogen-bond donors (Lipinski definition) is 2. The van der Waals surface area contributed by atoms with Gasteiger partial charge in [0.1, 0.15) is 12.4 Å². The minimum Gasteiger partial charge on any atom is -0.491 e. The summed E-state index contributed by atoms with van der Waals surface area (Å²) >= 11 is 0. The molecule has 0 radical (unpaired) electrons. The third-order valence-electron chi connectivity index (χ3n) is 4.11. The van der Waals surface area contributed by atoms with E-state index in [0.29, 0.717) is 26.4 Å². The molecule has 0 amide bonds. The number of halogens is 1. The first-order valence-electron chi connectivity index (χ1n) is 9.54. The molecule has 2 rings (SSSR count). The minimum atomic E-state index is 0. The average molecular weight is 491 g/mol. The van der Waals surface area contributed by atoms with Gasteiger partial charge in [0, 0.05) is 32.4 Å². The molecule has 0 unspecified atom stereocenters. The maximum atomic E-state index is 5.84. The Hall–Kier alpha value is -1.06. The van der Waals surface area contributed by atoms with E-state index in [1.807, 2.05) is 6.07 Å². The van der Waals surface area contributed by atoms with E-state index in [-0.39, 0.29) is 24.0 Å². The zero-order chi connectivity index (χ0) is 18.6. The second-order valence-corrected chi connectivity index (χ2v) is 6.59. The van der Waals surface area contributed by atoms with Gasteiger partial charge in [-0.1, -0.05) is 12.1 Å². The molecule has 1 aromatic rings. The summed E-state index contributed by atoms with van der Waals surface area (Å²) in [5, 5.41) is 6.59. The van der Waals surface area contributed by atoms with Crippen molar-refractivity contribution in [1.82, 2.24) is 10.6 Å². The van der Waals surface area contributed by atoms with Gasteiger partial charge in [-0.05, 0) is 44.2 Å². The standard InChI is InChI=1S/C20H33N3O3.HI/c1-4-21-20(22-9-10-25-15-17-6-7-17)23-14-18-8-5-16(2)13-19(18)26-12-11-24-3;/h5,8,13,17H,4,6-7,9-12,14-15H2,1-3H3,(H2,21,22,23);1H. The Morgan fingerprint density at radius 2 is 2.00 bits per heavy atom. The molecule has 0 saturated heterocycles. The molecular formula is C20H34IN3O3. The predicted octanol–water partition coefficient (Wildman–Crippen LogP) is 3.12. The third-order valence-corrected chi connectivity index (χ3v) is 4.11. The highest BCUT2D eigenvalue weighted by molar-refractivity contribution is 14.0. The molecule has 1 saturated carbocycles. The number of benzene rings is 1. The van der Waals surface area contributed by atoms with E-state index in [2.05, 4.69) is 41.6 Å². The van der Waals surface area contributed by atoms with E-state index in [4.69, 9.17) is 14.2 Å². The first-order chi connectivity index (χ1) is 12.7. The zero-order valence-electron chi connectivity index (χ0n) is 16.8. The molecule has 154 valence electrons. The molecule has 2 N–H and O–H groups in total. The second kappa shape index (κ2) is 14.0. The Kier molecular flexibility index (Phi) is 12.4. The van der Waals surface area contributed by atoms with Gasteiger partial charge in [0.05, 0.1) is 19.8 Å². The normalized spacial score (nSPS) is 13.8. The van der Waals surface area contributed by atoms with Crippen LogP contribution in [0.4, 0.5) is 0 Å². The molecule has 1 aliphatic rings. The Bertz CT molecular complexity index is 565. The Labute approximate surface area is 180 Å². The zero-order valence-corrected chi connectivity index (χ0v) is 19.1. The van der Waals surface area contributed by atoms with E-state index >= 15 is 0 Å². The number of methoxy groups -OCH3 is 1.